The molecule has 1 rings (SSSR count). The first kappa shape index (κ1) is 16.1. The van der Waals surface area contributed by atoms with Gasteiger partial charge in [0.05, 0.1) is 6.61 Å². The molecule has 0 aliphatic carbocycles. The van der Waals surface area contributed by atoms with Crippen molar-refractivity contribution in [2.45, 2.75) is 46.6 Å². The van der Waals surface area contributed by atoms with Crippen LogP contribution in [0, 0.1) is 5.41 Å². The second kappa shape index (κ2) is 8.27. The van der Waals surface area contributed by atoms with E-state index in [0.717, 1.165) is 51.3 Å². The maximum absolute atomic E-state index is 5.08. The van der Waals surface area contributed by atoms with Crippen molar-refractivity contribution in [3.8, 4) is 0 Å². The minimum absolute atomic E-state index is 0.258. The van der Waals surface area contributed by atoms with Crippen molar-refractivity contribution in [2.75, 3.05) is 26.8 Å². The number of nitrogens with one attached hydrogen (secondary N) is 1. The molecular formula is C14H28N4O. The molecule has 5 nitrogen and oxygen atoms in total. The molecule has 5 heteroatoms. The van der Waals surface area contributed by atoms with Gasteiger partial charge in [0.2, 0.25) is 0 Å². The molecule has 0 aromatic carbocycles. The quantitative estimate of drug-likeness (QED) is 0.658. The van der Waals surface area contributed by atoms with Crippen LogP contribution in [0.25, 0.3) is 0 Å². The lowest BCUT2D eigenvalue weighted by atomic mass is 9.79. The van der Waals surface area contributed by atoms with Gasteiger partial charge in [0.1, 0.15) is 12.2 Å². The monoisotopic (exact) mass is 268 g/mol. The summed E-state index contributed by atoms with van der Waals surface area (Å²) >= 11 is 0. The molecule has 0 unspecified atom stereocenters. The van der Waals surface area contributed by atoms with E-state index in [2.05, 4.69) is 36.2 Å². The van der Waals surface area contributed by atoms with Crippen molar-refractivity contribution in [1.29, 1.82) is 0 Å². The van der Waals surface area contributed by atoms with E-state index in [1.165, 1.54) is 0 Å². The lowest BCUT2D eigenvalue weighted by molar-refractivity contribution is 0.184. The summed E-state index contributed by atoms with van der Waals surface area (Å²) in [6.07, 6.45) is 4.92. The number of nitrogens with zero attached hydrogens (tertiary/aromatic N) is 3. The smallest absolute Gasteiger partial charge is 0.138 e. The second-order valence-electron chi connectivity index (χ2n) is 5.05. The van der Waals surface area contributed by atoms with Gasteiger partial charge in [-0.3, -0.25) is 4.68 Å². The molecule has 0 saturated carbocycles. The minimum atomic E-state index is 0.258. The van der Waals surface area contributed by atoms with Crippen LogP contribution in [-0.2, 0) is 17.7 Å². The van der Waals surface area contributed by atoms with Gasteiger partial charge < -0.3 is 10.1 Å². The zero-order chi connectivity index (χ0) is 14.1. The van der Waals surface area contributed by atoms with E-state index < -0.39 is 0 Å². The Balaban J connectivity index is 2.64. The van der Waals surface area contributed by atoms with Gasteiger partial charge in [0, 0.05) is 33.2 Å². The molecule has 0 bridgehead atoms. The van der Waals surface area contributed by atoms with E-state index in [1.807, 2.05) is 4.68 Å². The van der Waals surface area contributed by atoms with Gasteiger partial charge in [-0.1, -0.05) is 13.8 Å². The van der Waals surface area contributed by atoms with E-state index in [9.17, 15) is 0 Å². The Morgan fingerprint density at radius 3 is 2.63 bits per heavy atom. The standard InChI is InChI=1S/C14H28N4O/c1-5-14(6-2,11-15-8-9-19-4)10-13-16-12-17-18(13)7-3/h12,15H,5-11H2,1-4H3. The van der Waals surface area contributed by atoms with Crippen LogP contribution < -0.4 is 5.32 Å². The third-order valence-electron chi connectivity index (χ3n) is 4.01. The number of aryl methyl sites for hydroxylation is 1. The third-order valence-corrected chi connectivity index (χ3v) is 4.01. The molecule has 0 amide bonds. The fourth-order valence-corrected chi connectivity index (χ4v) is 2.36. The number of rotatable bonds is 10. The summed E-state index contributed by atoms with van der Waals surface area (Å²) in [6, 6.07) is 0. The van der Waals surface area contributed by atoms with Crippen LogP contribution in [-0.4, -0.2) is 41.6 Å². The van der Waals surface area contributed by atoms with E-state index in [4.69, 9.17) is 4.74 Å². The largest absolute Gasteiger partial charge is 0.383 e. The zero-order valence-corrected chi connectivity index (χ0v) is 12.8. The number of methoxy groups -OCH3 is 1. The van der Waals surface area contributed by atoms with E-state index in [1.54, 1.807) is 13.4 Å². The summed E-state index contributed by atoms with van der Waals surface area (Å²) in [5.41, 5.74) is 0.258. The van der Waals surface area contributed by atoms with Crippen LogP contribution in [0.2, 0.25) is 0 Å². The fraction of sp³-hybridized carbons (Fsp3) is 0.857. The molecule has 1 aromatic heterocycles. The third kappa shape index (κ3) is 4.58. The molecular weight excluding hydrogens is 240 g/mol. The van der Waals surface area contributed by atoms with Crippen LogP contribution in [0.4, 0.5) is 0 Å². The Morgan fingerprint density at radius 1 is 1.32 bits per heavy atom. The molecule has 1 N–H and O–H groups in total. The summed E-state index contributed by atoms with van der Waals surface area (Å²) in [6.45, 7) is 10.2. The maximum Gasteiger partial charge on any atom is 0.138 e. The van der Waals surface area contributed by atoms with E-state index in [0.29, 0.717) is 0 Å². The van der Waals surface area contributed by atoms with Crippen LogP contribution >= 0.6 is 0 Å². The average Bonchev–Trinajstić information content (AvgIpc) is 2.89. The maximum atomic E-state index is 5.08. The van der Waals surface area contributed by atoms with Crippen LogP contribution in [0.1, 0.15) is 39.4 Å². The minimum Gasteiger partial charge on any atom is -0.383 e. The van der Waals surface area contributed by atoms with Crippen molar-refractivity contribution >= 4 is 0 Å². The predicted octanol–water partition coefficient (Wildman–Crippen LogP) is 1.88. The van der Waals surface area contributed by atoms with Gasteiger partial charge in [-0.05, 0) is 25.2 Å². The van der Waals surface area contributed by atoms with Gasteiger partial charge in [0.15, 0.2) is 0 Å². The highest BCUT2D eigenvalue weighted by Crippen LogP contribution is 2.29. The number of hydrogen-bond donors (Lipinski definition) is 1. The van der Waals surface area contributed by atoms with Gasteiger partial charge in [-0.2, -0.15) is 5.10 Å². The van der Waals surface area contributed by atoms with E-state index >= 15 is 0 Å². The SMILES string of the molecule is CCn1ncnc1CC(CC)(CC)CNCCOC. The van der Waals surface area contributed by atoms with Crippen molar-refractivity contribution in [2.24, 2.45) is 5.41 Å². The summed E-state index contributed by atoms with van der Waals surface area (Å²) < 4.78 is 7.07. The molecule has 0 radical (unpaired) electrons. The molecule has 0 aliphatic heterocycles. The summed E-state index contributed by atoms with van der Waals surface area (Å²) in [4.78, 5) is 4.41. The number of hydrogen-bond acceptors (Lipinski definition) is 4. The fourth-order valence-electron chi connectivity index (χ4n) is 2.36. The summed E-state index contributed by atoms with van der Waals surface area (Å²) in [7, 11) is 1.73. The van der Waals surface area contributed by atoms with Crippen LogP contribution in [0.3, 0.4) is 0 Å². The van der Waals surface area contributed by atoms with Crippen molar-refractivity contribution in [3.05, 3.63) is 12.2 Å². The average molecular weight is 268 g/mol. The van der Waals surface area contributed by atoms with Crippen LogP contribution in [0.15, 0.2) is 6.33 Å². The molecule has 1 aromatic rings. The Kier molecular flexibility index (Phi) is 7.02. The lowest BCUT2D eigenvalue weighted by Gasteiger charge is -2.31. The first-order valence-electron chi connectivity index (χ1n) is 7.27. The number of aromatic nitrogens is 3. The molecule has 110 valence electrons. The zero-order valence-electron chi connectivity index (χ0n) is 12.8. The first-order valence-corrected chi connectivity index (χ1v) is 7.27. The Hall–Kier alpha value is -0.940. The second-order valence-corrected chi connectivity index (χ2v) is 5.05. The van der Waals surface area contributed by atoms with Crippen molar-refractivity contribution in [3.63, 3.8) is 0 Å². The highest BCUT2D eigenvalue weighted by atomic mass is 16.5. The molecule has 0 aliphatic rings. The normalized spacial score (nSPS) is 12.0. The molecule has 19 heavy (non-hydrogen) atoms. The van der Waals surface area contributed by atoms with Crippen molar-refractivity contribution < 1.29 is 4.74 Å². The Morgan fingerprint density at radius 2 is 2.05 bits per heavy atom. The Bertz CT molecular complexity index is 347. The molecule has 0 saturated heterocycles. The van der Waals surface area contributed by atoms with Gasteiger partial charge in [-0.15, -0.1) is 0 Å². The van der Waals surface area contributed by atoms with E-state index in [-0.39, 0.29) is 5.41 Å². The predicted molar refractivity (Wildman–Crippen MR) is 77.2 cm³/mol. The molecule has 0 spiro atoms. The highest BCUT2D eigenvalue weighted by Gasteiger charge is 2.28. The summed E-state index contributed by atoms with van der Waals surface area (Å²) in [5.74, 6) is 1.10. The summed E-state index contributed by atoms with van der Waals surface area (Å²) in [5, 5.41) is 7.76. The van der Waals surface area contributed by atoms with Gasteiger partial charge >= 0.3 is 0 Å². The van der Waals surface area contributed by atoms with Crippen LogP contribution in [0.5, 0.6) is 0 Å². The topological polar surface area (TPSA) is 52.0 Å². The highest BCUT2D eigenvalue weighted by molar-refractivity contribution is 4.94. The van der Waals surface area contributed by atoms with Crippen molar-refractivity contribution in [1.82, 2.24) is 20.1 Å². The van der Waals surface area contributed by atoms with Gasteiger partial charge in [0.25, 0.3) is 0 Å². The molecule has 0 atom stereocenters. The molecule has 1 heterocycles. The molecule has 0 fully saturated rings. The van der Waals surface area contributed by atoms with Gasteiger partial charge in [-0.25, -0.2) is 4.98 Å². The lowest BCUT2D eigenvalue weighted by Crippen LogP contribution is -2.37. The first-order chi connectivity index (χ1) is 9.21. The Labute approximate surface area is 116 Å². The number of ether oxygens (including phenoxy) is 1.